The first-order chi connectivity index (χ1) is 10.6. The van der Waals surface area contributed by atoms with Crippen LogP contribution < -0.4 is 5.32 Å². The van der Waals surface area contributed by atoms with E-state index < -0.39 is 5.76 Å². The smallest absolute Gasteiger partial charge is 0.288 e. The molecule has 112 valence electrons. The number of aromatic nitrogens is 1. The van der Waals surface area contributed by atoms with Crippen molar-refractivity contribution in [1.82, 2.24) is 4.98 Å². The van der Waals surface area contributed by atoms with Crippen LogP contribution in [0.4, 0.5) is 14.5 Å². The highest BCUT2D eigenvalue weighted by atomic mass is 32.2. The molecule has 0 bridgehead atoms. The van der Waals surface area contributed by atoms with Crippen molar-refractivity contribution in [2.75, 3.05) is 5.32 Å². The maximum Gasteiger partial charge on any atom is 0.288 e. The van der Waals surface area contributed by atoms with E-state index in [1.54, 1.807) is 48.0 Å². The minimum absolute atomic E-state index is 0.246. The Hall–Kier alpha value is -1.99. The molecule has 0 saturated heterocycles. The highest BCUT2D eigenvalue weighted by Crippen LogP contribution is 2.26. The highest BCUT2D eigenvalue weighted by molar-refractivity contribution is 7.99. The number of hydrogen-bond acceptors (Lipinski definition) is 4. The summed E-state index contributed by atoms with van der Waals surface area (Å²) in [6.45, 7) is 0. The standard InChI is InChI=1S/C15H10F2N2OS2/c16-15(17)22-11-4-2-10(3-5-11)19-14(20)9-1-6-12-13(7-9)21-8-18-12/h1-8,15H,(H,19,20). The van der Waals surface area contributed by atoms with Gasteiger partial charge in [-0.2, -0.15) is 8.78 Å². The fourth-order valence-corrected chi connectivity index (χ4v) is 3.13. The number of halogens is 2. The number of nitrogens with one attached hydrogen (secondary N) is 1. The lowest BCUT2D eigenvalue weighted by molar-refractivity contribution is 0.102. The zero-order chi connectivity index (χ0) is 15.5. The summed E-state index contributed by atoms with van der Waals surface area (Å²) in [5.74, 6) is -2.70. The predicted octanol–water partition coefficient (Wildman–Crippen LogP) is 4.86. The molecule has 1 aromatic heterocycles. The van der Waals surface area contributed by atoms with Gasteiger partial charge in [0.25, 0.3) is 11.7 Å². The molecule has 0 spiro atoms. The third kappa shape index (κ3) is 3.42. The molecule has 0 unspecified atom stereocenters. The molecule has 0 fully saturated rings. The summed E-state index contributed by atoms with van der Waals surface area (Å²) in [5.41, 5.74) is 3.68. The molecular formula is C15H10F2N2OS2. The van der Waals surface area contributed by atoms with Gasteiger partial charge in [0, 0.05) is 16.1 Å². The number of fused-ring (bicyclic) bond motifs is 1. The minimum Gasteiger partial charge on any atom is -0.322 e. The van der Waals surface area contributed by atoms with Crippen molar-refractivity contribution >= 4 is 44.9 Å². The number of benzene rings is 2. The second-order valence-corrected chi connectivity index (χ2v) is 6.34. The molecule has 1 amide bonds. The van der Waals surface area contributed by atoms with E-state index in [0.717, 1.165) is 10.2 Å². The SMILES string of the molecule is O=C(Nc1ccc(SC(F)F)cc1)c1ccc2ncsc2c1. The number of carbonyl (C=O) groups excluding carboxylic acids is 1. The van der Waals surface area contributed by atoms with E-state index in [1.807, 2.05) is 0 Å². The first kappa shape index (κ1) is 14.9. The zero-order valence-electron chi connectivity index (χ0n) is 11.1. The van der Waals surface area contributed by atoms with Crippen molar-refractivity contribution in [3.05, 3.63) is 53.5 Å². The average molecular weight is 336 g/mol. The number of thioether (sulfide) groups is 1. The van der Waals surface area contributed by atoms with Crippen LogP contribution in [0.1, 0.15) is 10.4 Å². The number of nitrogens with zero attached hydrogens (tertiary/aromatic N) is 1. The summed E-state index contributed by atoms with van der Waals surface area (Å²) >= 11 is 1.94. The molecule has 0 aliphatic carbocycles. The third-order valence-corrected chi connectivity index (χ3v) is 4.45. The predicted molar refractivity (Wildman–Crippen MR) is 85.9 cm³/mol. The maximum atomic E-state index is 12.2. The Balaban J connectivity index is 1.73. The van der Waals surface area contributed by atoms with Gasteiger partial charge in [0.05, 0.1) is 15.7 Å². The summed E-state index contributed by atoms with van der Waals surface area (Å²) in [4.78, 5) is 16.8. The molecule has 3 rings (SSSR count). The van der Waals surface area contributed by atoms with Crippen LogP contribution in [0.2, 0.25) is 0 Å². The first-order valence-electron chi connectivity index (χ1n) is 6.31. The van der Waals surface area contributed by atoms with Gasteiger partial charge in [0.1, 0.15) is 0 Å². The lowest BCUT2D eigenvalue weighted by Gasteiger charge is -2.06. The monoisotopic (exact) mass is 336 g/mol. The second-order valence-electron chi connectivity index (χ2n) is 4.39. The van der Waals surface area contributed by atoms with E-state index in [2.05, 4.69) is 10.3 Å². The molecule has 0 radical (unpaired) electrons. The Kier molecular flexibility index (Phi) is 4.35. The summed E-state index contributed by atoms with van der Waals surface area (Å²) in [6.07, 6.45) is 0. The number of amides is 1. The minimum atomic E-state index is -2.45. The summed E-state index contributed by atoms with van der Waals surface area (Å²) in [7, 11) is 0. The quantitative estimate of drug-likeness (QED) is 0.692. The van der Waals surface area contributed by atoms with Crippen LogP contribution in [-0.2, 0) is 0 Å². The van der Waals surface area contributed by atoms with Crippen LogP contribution >= 0.6 is 23.1 Å². The fraction of sp³-hybridized carbons (Fsp3) is 0.0667. The number of anilines is 1. The molecule has 0 atom stereocenters. The summed E-state index contributed by atoms with van der Waals surface area (Å²) in [5, 5.41) is 2.74. The van der Waals surface area contributed by atoms with E-state index in [9.17, 15) is 13.6 Å². The molecule has 22 heavy (non-hydrogen) atoms. The topological polar surface area (TPSA) is 42.0 Å². The Morgan fingerprint density at radius 2 is 1.95 bits per heavy atom. The molecule has 7 heteroatoms. The van der Waals surface area contributed by atoms with E-state index in [4.69, 9.17) is 0 Å². The van der Waals surface area contributed by atoms with E-state index in [0.29, 0.717) is 27.9 Å². The normalized spacial score (nSPS) is 11.0. The molecule has 1 N–H and O–H groups in total. The first-order valence-corrected chi connectivity index (χ1v) is 8.07. The van der Waals surface area contributed by atoms with Crippen LogP contribution in [0.15, 0.2) is 52.9 Å². The molecule has 1 heterocycles. The van der Waals surface area contributed by atoms with Gasteiger partial charge in [-0.1, -0.05) is 11.8 Å². The van der Waals surface area contributed by atoms with Crippen molar-refractivity contribution < 1.29 is 13.6 Å². The van der Waals surface area contributed by atoms with Crippen LogP contribution in [0.5, 0.6) is 0 Å². The van der Waals surface area contributed by atoms with Crippen LogP contribution in [0.25, 0.3) is 10.2 Å². The Morgan fingerprint density at radius 1 is 1.18 bits per heavy atom. The van der Waals surface area contributed by atoms with E-state index in [-0.39, 0.29) is 5.91 Å². The lowest BCUT2D eigenvalue weighted by Crippen LogP contribution is -2.11. The van der Waals surface area contributed by atoms with Crippen molar-refractivity contribution in [2.45, 2.75) is 10.7 Å². The molecule has 2 aromatic carbocycles. The van der Waals surface area contributed by atoms with Crippen molar-refractivity contribution in [2.24, 2.45) is 0 Å². The van der Waals surface area contributed by atoms with Gasteiger partial charge in [-0.15, -0.1) is 11.3 Å². The molecule has 0 saturated carbocycles. The number of thiazole rings is 1. The zero-order valence-corrected chi connectivity index (χ0v) is 12.8. The van der Waals surface area contributed by atoms with E-state index in [1.165, 1.54) is 11.3 Å². The Labute approximate surface area is 133 Å². The molecule has 0 aliphatic rings. The third-order valence-electron chi connectivity index (χ3n) is 2.93. The second kappa shape index (κ2) is 6.41. The van der Waals surface area contributed by atoms with Gasteiger partial charge in [-0.3, -0.25) is 4.79 Å². The number of hydrogen-bond donors (Lipinski definition) is 1. The molecular weight excluding hydrogens is 326 g/mol. The summed E-state index contributed by atoms with van der Waals surface area (Å²) in [6, 6.07) is 11.6. The van der Waals surface area contributed by atoms with Crippen molar-refractivity contribution in [3.63, 3.8) is 0 Å². The van der Waals surface area contributed by atoms with Gasteiger partial charge in [-0.05, 0) is 42.5 Å². The lowest BCUT2D eigenvalue weighted by atomic mass is 10.2. The summed E-state index contributed by atoms with van der Waals surface area (Å²) < 4.78 is 25.4. The molecule has 3 nitrogen and oxygen atoms in total. The number of alkyl halides is 2. The van der Waals surface area contributed by atoms with Gasteiger partial charge < -0.3 is 5.32 Å². The van der Waals surface area contributed by atoms with Gasteiger partial charge >= 0.3 is 0 Å². The highest BCUT2D eigenvalue weighted by Gasteiger charge is 2.09. The average Bonchev–Trinajstić information content (AvgIpc) is 2.96. The van der Waals surface area contributed by atoms with Crippen molar-refractivity contribution in [1.29, 1.82) is 0 Å². The molecule has 0 aliphatic heterocycles. The maximum absolute atomic E-state index is 12.2. The Morgan fingerprint density at radius 3 is 2.68 bits per heavy atom. The Bertz CT molecular complexity index is 803. The largest absolute Gasteiger partial charge is 0.322 e. The fourth-order valence-electron chi connectivity index (χ4n) is 1.92. The van der Waals surface area contributed by atoms with Crippen LogP contribution in [0.3, 0.4) is 0 Å². The number of carbonyl (C=O) groups is 1. The van der Waals surface area contributed by atoms with Gasteiger partial charge in [0.15, 0.2) is 0 Å². The van der Waals surface area contributed by atoms with Crippen LogP contribution in [0, 0.1) is 0 Å². The van der Waals surface area contributed by atoms with Crippen molar-refractivity contribution in [3.8, 4) is 0 Å². The van der Waals surface area contributed by atoms with Gasteiger partial charge in [0.2, 0.25) is 0 Å². The number of rotatable bonds is 4. The van der Waals surface area contributed by atoms with Gasteiger partial charge in [-0.25, -0.2) is 4.98 Å². The van der Waals surface area contributed by atoms with E-state index >= 15 is 0 Å². The van der Waals surface area contributed by atoms with Crippen LogP contribution in [-0.4, -0.2) is 16.6 Å². The molecule has 3 aromatic rings.